The van der Waals surface area contributed by atoms with Crippen LogP contribution in [-0.2, 0) is 0 Å². The molecule has 108 valence electrons. The first-order valence-electron chi connectivity index (χ1n) is 5.91. The van der Waals surface area contributed by atoms with E-state index in [4.69, 9.17) is 16.3 Å². The highest BCUT2D eigenvalue weighted by atomic mass is 35.5. The van der Waals surface area contributed by atoms with Gasteiger partial charge in [-0.15, -0.1) is 0 Å². The number of nitro benzene ring substituents is 1. The summed E-state index contributed by atoms with van der Waals surface area (Å²) in [5, 5.41) is 13.3. The van der Waals surface area contributed by atoms with E-state index in [-0.39, 0.29) is 16.4 Å². The number of anilines is 1. The van der Waals surface area contributed by atoms with Crippen LogP contribution in [0.2, 0.25) is 5.02 Å². The second kappa shape index (κ2) is 6.23. The average Bonchev–Trinajstić information content (AvgIpc) is 2.48. The normalized spacial score (nSPS) is 10.0. The molecule has 0 atom stereocenters. The van der Waals surface area contributed by atoms with Gasteiger partial charge >= 0.3 is 0 Å². The molecule has 0 radical (unpaired) electrons. The average molecular weight is 307 g/mol. The predicted octanol–water partition coefficient (Wildman–Crippen LogP) is 3.51. The maximum absolute atomic E-state index is 12.2. The van der Waals surface area contributed by atoms with Crippen LogP contribution in [0.3, 0.4) is 0 Å². The molecule has 0 saturated carbocycles. The molecule has 0 fully saturated rings. The molecule has 2 rings (SSSR count). The van der Waals surface area contributed by atoms with Gasteiger partial charge in [0.05, 0.1) is 28.3 Å². The van der Waals surface area contributed by atoms with Gasteiger partial charge in [0.15, 0.2) is 0 Å². The van der Waals surface area contributed by atoms with Crippen LogP contribution in [0.15, 0.2) is 42.5 Å². The summed E-state index contributed by atoms with van der Waals surface area (Å²) < 4.78 is 5.10. The minimum absolute atomic E-state index is 0.0902. The highest BCUT2D eigenvalue weighted by Crippen LogP contribution is 2.28. The molecule has 0 aliphatic rings. The number of hydrogen-bond donors (Lipinski definition) is 1. The molecule has 6 nitrogen and oxygen atoms in total. The largest absolute Gasteiger partial charge is 0.496 e. The molecule has 1 amide bonds. The SMILES string of the molecule is COc1ccccc1C(=O)Nc1ccc([N+](=O)[O-])cc1Cl. The van der Waals surface area contributed by atoms with E-state index in [1.807, 2.05) is 0 Å². The van der Waals surface area contributed by atoms with E-state index in [9.17, 15) is 14.9 Å². The lowest BCUT2D eigenvalue weighted by atomic mass is 10.2. The molecule has 2 aromatic carbocycles. The number of ether oxygens (including phenoxy) is 1. The standard InChI is InChI=1S/C14H11ClN2O4/c1-21-13-5-3-2-4-10(13)14(18)16-12-7-6-9(17(19)20)8-11(12)15/h2-8H,1H3,(H,16,18). The van der Waals surface area contributed by atoms with Crippen molar-refractivity contribution in [1.82, 2.24) is 0 Å². The number of amides is 1. The van der Waals surface area contributed by atoms with Crippen LogP contribution < -0.4 is 10.1 Å². The van der Waals surface area contributed by atoms with Crippen LogP contribution >= 0.6 is 11.6 Å². The van der Waals surface area contributed by atoms with E-state index in [2.05, 4.69) is 5.32 Å². The van der Waals surface area contributed by atoms with E-state index < -0.39 is 10.8 Å². The van der Waals surface area contributed by atoms with E-state index in [1.165, 1.54) is 25.3 Å². The highest BCUT2D eigenvalue weighted by Gasteiger charge is 2.15. The fourth-order valence-electron chi connectivity index (χ4n) is 1.74. The summed E-state index contributed by atoms with van der Waals surface area (Å²) in [7, 11) is 1.46. The zero-order valence-corrected chi connectivity index (χ0v) is 11.8. The smallest absolute Gasteiger partial charge is 0.271 e. The van der Waals surface area contributed by atoms with Crippen molar-refractivity contribution in [1.29, 1.82) is 0 Å². The maximum atomic E-state index is 12.2. The summed E-state index contributed by atoms with van der Waals surface area (Å²) in [5.41, 5.74) is 0.489. The third-order valence-corrected chi connectivity index (χ3v) is 3.08. The third-order valence-electron chi connectivity index (χ3n) is 2.76. The van der Waals surface area contributed by atoms with Crippen LogP contribution in [0.1, 0.15) is 10.4 Å². The van der Waals surface area contributed by atoms with E-state index in [0.29, 0.717) is 11.3 Å². The number of benzene rings is 2. The molecule has 1 N–H and O–H groups in total. The second-order valence-corrected chi connectivity index (χ2v) is 4.48. The van der Waals surface area contributed by atoms with Crippen molar-refractivity contribution < 1.29 is 14.5 Å². The van der Waals surface area contributed by atoms with Crippen LogP contribution in [0.5, 0.6) is 5.75 Å². The first-order chi connectivity index (χ1) is 10.0. The molecule has 21 heavy (non-hydrogen) atoms. The first kappa shape index (κ1) is 14.8. The van der Waals surface area contributed by atoms with Crippen LogP contribution in [-0.4, -0.2) is 17.9 Å². The minimum Gasteiger partial charge on any atom is -0.496 e. The second-order valence-electron chi connectivity index (χ2n) is 4.08. The topological polar surface area (TPSA) is 81.5 Å². The minimum atomic E-state index is -0.558. The Balaban J connectivity index is 2.26. The van der Waals surface area contributed by atoms with Crippen molar-refractivity contribution in [2.75, 3.05) is 12.4 Å². The number of rotatable bonds is 4. The molecule has 0 spiro atoms. The van der Waals surface area contributed by atoms with Gasteiger partial charge in [-0.25, -0.2) is 0 Å². The van der Waals surface area contributed by atoms with Crippen molar-refractivity contribution in [3.63, 3.8) is 0 Å². The Morgan fingerprint density at radius 3 is 2.62 bits per heavy atom. The van der Waals surface area contributed by atoms with Crippen LogP contribution in [0, 0.1) is 10.1 Å². The molecule has 7 heteroatoms. The molecule has 0 aliphatic heterocycles. The molecular weight excluding hydrogens is 296 g/mol. The Labute approximate surface area is 125 Å². The maximum Gasteiger partial charge on any atom is 0.271 e. The van der Waals surface area contributed by atoms with E-state index in [1.54, 1.807) is 24.3 Å². The van der Waals surface area contributed by atoms with Gasteiger partial charge in [0.2, 0.25) is 0 Å². The first-order valence-corrected chi connectivity index (χ1v) is 6.29. The Morgan fingerprint density at radius 1 is 1.29 bits per heavy atom. The zero-order chi connectivity index (χ0) is 15.4. The lowest BCUT2D eigenvalue weighted by Crippen LogP contribution is -2.13. The molecule has 0 aliphatic carbocycles. The molecule has 0 saturated heterocycles. The number of nitrogens with zero attached hydrogens (tertiary/aromatic N) is 1. The number of nitro groups is 1. The number of carbonyl (C=O) groups is 1. The van der Waals surface area contributed by atoms with Gasteiger partial charge in [-0.2, -0.15) is 0 Å². The molecular formula is C14H11ClN2O4. The zero-order valence-electron chi connectivity index (χ0n) is 11.0. The summed E-state index contributed by atoms with van der Waals surface area (Å²) in [6.07, 6.45) is 0. The quantitative estimate of drug-likeness (QED) is 0.692. The molecule has 0 bridgehead atoms. The van der Waals surface area contributed by atoms with Crippen molar-refractivity contribution in [3.8, 4) is 5.75 Å². The van der Waals surface area contributed by atoms with Crippen molar-refractivity contribution >= 4 is 28.9 Å². The number of halogens is 1. The van der Waals surface area contributed by atoms with Gasteiger partial charge in [-0.1, -0.05) is 23.7 Å². The molecule has 0 heterocycles. The lowest BCUT2D eigenvalue weighted by Gasteiger charge is -2.10. The Hall–Kier alpha value is -2.60. The Bertz CT molecular complexity index is 703. The summed E-state index contributed by atoms with van der Waals surface area (Å²) >= 11 is 5.93. The molecule has 2 aromatic rings. The number of para-hydroxylation sites is 1. The summed E-state index contributed by atoms with van der Waals surface area (Å²) in [6.45, 7) is 0. The Kier molecular flexibility index (Phi) is 4.39. The van der Waals surface area contributed by atoms with Gasteiger partial charge < -0.3 is 10.1 Å². The van der Waals surface area contributed by atoms with Crippen LogP contribution in [0.4, 0.5) is 11.4 Å². The monoisotopic (exact) mass is 306 g/mol. The number of non-ortho nitro benzene ring substituents is 1. The van der Waals surface area contributed by atoms with Gasteiger partial charge in [0.1, 0.15) is 5.75 Å². The van der Waals surface area contributed by atoms with Crippen molar-refractivity contribution in [2.24, 2.45) is 0 Å². The van der Waals surface area contributed by atoms with Crippen LogP contribution in [0.25, 0.3) is 0 Å². The van der Waals surface area contributed by atoms with E-state index >= 15 is 0 Å². The van der Waals surface area contributed by atoms with Gasteiger partial charge in [-0.3, -0.25) is 14.9 Å². The highest BCUT2D eigenvalue weighted by molar-refractivity contribution is 6.34. The van der Waals surface area contributed by atoms with Gasteiger partial charge in [0.25, 0.3) is 11.6 Å². The fourth-order valence-corrected chi connectivity index (χ4v) is 1.96. The fraction of sp³-hybridized carbons (Fsp3) is 0.0714. The lowest BCUT2D eigenvalue weighted by molar-refractivity contribution is -0.384. The summed E-state index contributed by atoms with van der Waals surface area (Å²) in [5.74, 6) is 0.0104. The summed E-state index contributed by atoms with van der Waals surface area (Å²) in [4.78, 5) is 22.3. The molecule has 0 unspecified atom stereocenters. The van der Waals surface area contributed by atoms with Crippen molar-refractivity contribution in [3.05, 3.63) is 63.2 Å². The third kappa shape index (κ3) is 3.29. The Morgan fingerprint density at radius 2 is 2.00 bits per heavy atom. The van der Waals surface area contributed by atoms with E-state index in [0.717, 1.165) is 0 Å². The number of nitrogens with one attached hydrogen (secondary N) is 1. The summed E-state index contributed by atoms with van der Waals surface area (Å²) in [6, 6.07) is 10.5. The number of hydrogen-bond acceptors (Lipinski definition) is 4. The molecule has 0 aromatic heterocycles. The van der Waals surface area contributed by atoms with Gasteiger partial charge in [-0.05, 0) is 18.2 Å². The number of methoxy groups -OCH3 is 1. The predicted molar refractivity (Wildman–Crippen MR) is 79.1 cm³/mol. The number of carbonyl (C=O) groups excluding carboxylic acids is 1. The van der Waals surface area contributed by atoms with Gasteiger partial charge in [0, 0.05) is 12.1 Å². The van der Waals surface area contributed by atoms with Crippen molar-refractivity contribution in [2.45, 2.75) is 0 Å².